The molecule has 28 heavy (non-hydrogen) atoms. The highest BCUT2D eigenvalue weighted by Crippen LogP contribution is 2.24. The summed E-state index contributed by atoms with van der Waals surface area (Å²) < 4.78 is 64.1. The minimum atomic E-state index is -4.52. The second kappa shape index (κ2) is 9.17. The van der Waals surface area contributed by atoms with E-state index >= 15 is 0 Å². The number of nitrogens with zero attached hydrogens (tertiary/aromatic N) is 1. The van der Waals surface area contributed by atoms with E-state index in [2.05, 4.69) is 0 Å². The lowest BCUT2D eigenvalue weighted by Gasteiger charge is -2.06. The van der Waals surface area contributed by atoms with Crippen LogP contribution in [0.25, 0.3) is 12.2 Å². The summed E-state index contributed by atoms with van der Waals surface area (Å²) in [5, 5.41) is 0. The van der Waals surface area contributed by atoms with Crippen molar-refractivity contribution >= 4 is 43.8 Å². The summed E-state index contributed by atoms with van der Waals surface area (Å²) >= 11 is 0. The topological polar surface area (TPSA) is 164 Å². The predicted octanol–water partition coefficient (Wildman–Crippen LogP) is 1.69. The van der Waals surface area contributed by atoms with Crippen molar-refractivity contribution in [1.29, 1.82) is 0 Å². The predicted molar refractivity (Wildman–Crippen MR) is 110 cm³/mol. The fourth-order valence-corrected chi connectivity index (χ4v) is 3.44. The van der Waals surface area contributed by atoms with Crippen molar-refractivity contribution in [3.63, 3.8) is 0 Å². The molecule has 0 saturated carbocycles. The number of hydrogen-bond acceptors (Lipinski definition) is 7. The zero-order valence-electron chi connectivity index (χ0n) is 15.6. The Morgan fingerprint density at radius 3 is 1.29 bits per heavy atom. The molecule has 0 saturated heterocycles. The average molecular weight is 430 g/mol. The van der Waals surface area contributed by atoms with Gasteiger partial charge < -0.3 is 16.4 Å². The van der Waals surface area contributed by atoms with Gasteiger partial charge in [-0.05, 0) is 56.5 Å². The molecule has 11 heteroatoms. The summed E-state index contributed by atoms with van der Waals surface area (Å²) in [7, 11) is -3.05. The molecule has 0 aliphatic rings. The van der Waals surface area contributed by atoms with Gasteiger partial charge in [0.1, 0.15) is 9.79 Å². The van der Waals surface area contributed by atoms with Gasteiger partial charge in [-0.1, -0.05) is 24.3 Å². The van der Waals surface area contributed by atoms with Crippen LogP contribution in [-0.4, -0.2) is 52.0 Å². The van der Waals surface area contributed by atoms with Crippen molar-refractivity contribution in [2.45, 2.75) is 9.79 Å². The van der Waals surface area contributed by atoms with Gasteiger partial charge in [0.2, 0.25) is 0 Å². The van der Waals surface area contributed by atoms with Gasteiger partial charge in [-0.15, -0.1) is 0 Å². The summed E-state index contributed by atoms with van der Waals surface area (Å²) in [5.41, 5.74) is 11.4. The first-order valence-electron chi connectivity index (χ1n) is 7.75. The van der Waals surface area contributed by atoms with Gasteiger partial charge in [-0.25, -0.2) is 0 Å². The summed E-state index contributed by atoms with van der Waals surface area (Å²) in [5.74, 6) is 0. The van der Waals surface area contributed by atoms with Crippen molar-refractivity contribution < 1.29 is 25.9 Å². The third kappa shape index (κ3) is 7.29. The van der Waals surface area contributed by atoms with Crippen molar-refractivity contribution in [3.05, 3.63) is 47.5 Å². The Labute approximate surface area is 164 Å². The van der Waals surface area contributed by atoms with E-state index in [9.17, 15) is 25.9 Å². The van der Waals surface area contributed by atoms with Crippen LogP contribution in [0.3, 0.4) is 0 Å². The Kier molecular flexibility index (Phi) is 7.73. The normalized spacial score (nSPS) is 12.1. The molecule has 0 spiro atoms. The molecular weight excluding hydrogens is 406 g/mol. The van der Waals surface area contributed by atoms with E-state index in [1.165, 1.54) is 36.4 Å². The SMILES string of the molecule is CN(C)C.Nc1ccc(C=Cc2ccc(N)cc2S(=O)(=O)O)c(S(=O)(=O)O)c1. The van der Waals surface area contributed by atoms with Crippen LogP contribution < -0.4 is 11.5 Å². The smallest absolute Gasteiger partial charge is 0.295 e. The molecule has 0 aliphatic carbocycles. The molecule has 0 bridgehead atoms. The molecular formula is C17H23N3O6S2. The summed E-state index contributed by atoms with van der Waals surface area (Å²) in [6, 6.07) is 7.67. The first-order valence-corrected chi connectivity index (χ1v) is 10.6. The Morgan fingerprint density at radius 2 is 1.04 bits per heavy atom. The molecule has 2 aromatic rings. The van der Waals surface area contributed by atoms with Crippen LogP contribution in [0.5, 0.6) is 0 Å². The number of anilines is 2. The molecule has 6 N–H and O–H groups in total. The molecule has 0 radical (unpaired) electrons. The number of rotatable bonds is 4. The molecule has 154 valence electrons. The maximum Gasteiger partial charge on any atom is 0.295 e. The summed E-state index contributed by atoms with van der Waals surface area (Å²) in [6.07, 6.45) is 2.53. The van der Waals surface area contributed by atoms with Crippen molar-refractivity contribution in [2.24, 2.45) is 0 Å². The lowest BCUT2D eigenvalue weighted by Crippen LogP contribution is -2.03. The molecule has 2 rings (SSSR count). The Balaban J connectivity index is 0.000000892. The lowest BCUT2D eigenvalue weighted by atomic mass is 10.1. The van der Waals surface area contributed by atoms with E-state index in [1.807, 2.05) is 26.0 Å². The largest absolute Gasteiger partial charge is 0.399 e. The van der Waals surface area contributed by atoms with Gasteiger partial charge in [0.25, 0.3) is 20.2 Å². The van der Waals surface area contributed by atoms with Gasteiger partial charge >= 0.3 is 0 Å². The van der Waals surface area contributed by atoms with Crippen LogP contribution in [-0.2, 0) is 20.2 Å². The van der Waals surface area contributed by atoms with Crippen LogP contribution in [0.1, 0.15) is 11.1 Å². The van der Waals surface area contributed by atoms with Gasteiger partial charge in [-0.3, -0.25) is 9.11 Å². The second-order valence-corrected chi connectivity index (χ2v) is 9.00. The fourth-order valence-electron chi connectivity index (χ4n) is 2.00. The zero-order chi connectivity index (χ0) is 21.7. The average Bonchev–Trinajstić information content (AvgIpc) is 2.52. The third-order valence-corrected chi connectivity index (χ3v) is 4.89. The number of nitrogens with two attached hydrogens (primary N) is 2. The van der Waals surface area contributed by atoms with E-state index in [0.29, 0.717) is 0 Å². The van der Waals surface area contributed by atoms with Crippen LogP contribution in [0.15, 0.2) is 46.2 Å². The molecule has 0 aliphatic heterocycles. The molecule has 0 atom stereocenters. The zero-order valence-corrected chi connectivity index (χ0v) is 17.2. The molecule has 0 aromatic heterocycles. The minimum absolute atomic E-state index is 0.0878. The standard InChI is InChI=1S/C14H14N2O6S2.C3H9N/c15-11-5-3-9(13(7-11)23(17,18)19)1-2-10-4-6-12(16)8-14(10)24(20,21)22;1-4(2)3/h1-8H,15-16H2,(H,17,18,19)(H,20,21,22);1-3H3. The van der Waals surface area contributed by atoms with Crippen LogP contribution in [0, 0.1) is 0 Å². The highest BCUT2D eigenvalue weighted by Gasteiger charge is 2.16. The monoisotopic (exact) mass is 429 g/mol. The molecule has 2 aromatic carbocycles. The van der Waals surface area contributed by atoms with Crippen molar-refractivity contribution in [3.8, 4) is 0 Å². The van der Waals surface area contributed by atoms with Gasteiger partial charge in [0.15, 0.2) is 0 Å². The van der Waals surface area contributed by atoms with Crippen LogP contribution >= 0.6 is 0 Å². The lowest BCUT2D eigenvalue weighted by molar-refractivity contribution is 0.480. The highest BCUT2D eigenvalue weighted by molar-refractivity contribution is 7.86. The van der Waals surface area contributed by atoms with Crippen LogP contribution in [0.4, 0.5) is 11.4 Å². The molecule has 9 nitrogen and oxygen atoms in total. The van der Waals surface area contributed by atoms with E-state index in [0.717, 1.165) is 12.1 Å². The quantitative estimate of drug-likeness (QED) is 0.321. The second-order valence-electron chi connectivity index (χ2n) is 6.22. The van der Waals surface area contributed by atoms with Crippen LogP contribution in [0.2, 0.25) is 0 Å². The number of hydrogen-bond donors (Lipinski definition) is 4. The molecule has 0 amide bonds. The first kappa shape index (κ1) is 23.6. The molecule has 0 fully saturated rings. The number of benzene rings is 2. The van der Waals surface area contributed by atoms with E-state index in [-0.39, 0.29) is 22.5 Å². The van der Waals surface area contributed by atoms with E-state index in [1.54, 1.807) is 0 Å². The Bertz CT molecular complexity index is 992. The van der Waals surface area contributed by atoms with Gasteiger partial charge in [0, 0.05) is 11.4 Å². The highest BCUT2D eigenvalue weighted by atomic mass is 32.2. The van der Waals surface area contributed by atoms with Gasteiger partial charge in [-0.2, -0.15) is 16.8 Å². The van der Waals surface area contributed by atoms with Crippen molar-refractivity contribution in [1.82, 2.24) is 4.90 Å². The van der Waals surface area contributed by atoms with E-state index < -0.39 is 30.0 Å². The summed E-state index contributed by atoms with van der Waals surface area (Å²) in [4.78, 5) is 1.14. The minimum Gasteiger partial charge on any atom is -0.399 e. The maximum absolute atomic E-state index is 11.4. The Morgan fingerprint density at radius 1 is 0.750 bits per heavy atom. The third-order valence-electron chi connectivity index (χ3n) is 3.07. The van der Waals surface area contributed by atoms with Gasteiger partial charge in [0.05, 0.1) is 0 Å². The first-order chi connectivity index (χ1) is 12.7. The fraction of sp³-hybridized carbons (Fsp3) is 0.176. The number of nitrogen functional groups attached to an aromatic ring is 2. The van der Waals surface area contributed by atoms with E-state index in [4.69, 9.17) is 11.5 Å². The maximum atomic E-state index is 11.4. The summed E-state index contributed by atoms with van der Waals surface area (Å²) in [6.45, 7) is 0. The Hall–Kier alpha value is -2.44. The molecule has 0 unspecified atom stereocenters. The molecule has 0 heterocycles. The van der Waals surface area contributed by atoms with Crippen molar-refractivity contribution in [2.75, 3.05) is 32.6 Å².